The van der Waals surface area contributed by atoms with Crippen molar-refractivity contribution in [1.82, 2.24) is 0 Å². The minimum absolute atomic E-state index is 0.133. The van der Waals surface area contributed by atoms with Crippen LogP contribution in [0.4, 0.5) is 5.69 Å². The number of benzene rings is 1. The molecule has 15 heavy (non-hydrogen) atoms. The number of nitro groups is 1. The standard InChI is InChI=1S/C9H5ClN2O3/c1-5-2-3-6(9(10)13)8(12(14)15)7(5)4-11/h2-3H,1H3. The summed E-state index contributed by atoms with van der Waals surface area (Å²) in [5.41, 5.74) is -0.487. The zero-order chi connectivity index (χ0) is 11.6. The maximum Gasteiger partial charge on any atom is 0.299 e. The van der Waals surface area contributed by atoms with Crippen LogP contribution in [-0.4, -0.2) is 10.2 Å². The number of carbonyl (C=O) groups excluding carboxylic acids is 1. The van der Waals surface area contributed by atoms with E-state index in [1.807, 2.05) is 0 Å². The Hall–Kier alpha value is -1.93. The van der Waals surface area contributed by atoms with Crippen molar-refractivity contribution in [3.8, 4) is 6.07 Å². The van der Waals surface area contributed by atoms with Crippen LogP contribution < -0.4 is 0 Å². The molecule has 0 aliphatic heterocycles. The van der Waals surface area contributed by atoms with Crippen LogP contribution in [0.25, 0.3) is 0 Å². The molecule has 0 radical (unpaired) electrons. The van der Waals surface area contributed by atoms with Crippen LogP contribution >= 0.6 is 11.6 Å². The Balaban J connectivity index is 3.66. The van der Waals surface area contributed by atoms with Gasteiger partial charge in [-0.05, 0) is 30.2 Å². The van der Waals surface area contributed by atoms with Gasteiger partial charge in [0.2, 0.25) is 0 Å². The highest BCUT2D eigenvalue weighted by molar-refractivity contribution is 6.68. The molecule has 0 saturated heterocycles. The molecule has 0 bridgehead atoms. The number of aryl methyl sites for hydroxylation is 1. The van der Waals surface area contributed by atoms with Crippen molar-refractivity contribution in [2.24, 2.45) is 0 Å². The van der Waals surface area contributed by atoms with Gasteiger partial charge in [-0.2, -0.15) is 5.26 Å². The van der Waals surface area contributed by atoms with E-state index in [0.29, 0.717) is 5.56 Å². The number of halogens is 1. The first-order valence-electron chi connectivity index (χ1n) is 3.87. The Morgan fingerprint density at radius 3 is 2.60 bits per heavy atom. The molecule has 0 unspecified atom stereocenters. The zero-order valence-electron chi connectivity index (χ0n) is 7.65. The first-order valence-corrected chi connectivity index (χ1v) is 4.24. The molecule has 0 heterocycles. The smallest absolute Gasteiger partial charge is 0.275 e. The molecular weight excluding hydrogens is 220 g/mol. The second-order valence-electron chi connectivity index (χ2n) is 2.80. The topological polar surface area (TPSA) is 84.0 Å². The van der Waals surface area contributed by atoms with Gasteiger partial charge in [-0.3, -0.25) is 14.9 Å². The van der Waals surface area contributed by atoms with E-state index in [4.69, 9.17) is 16.9 Å². The molecule has 1 aromatic rings. The number of nitrogens with zero attached hydrogens (tertiary/aromatic N) is 2. The van der Waals surface area contributed by atoms with Gasteiger partial charge < -0.3 is 0 Å². The van der Waals surface area contributed by atoms with E-state index < -0.39 is 15.9 Å². The quantitative estimate of drug-likeness (QED) is 0.438. The van der Waals surface area contributed by atoms with E-state index in [1.54, 1.807) is 13.0 Å². The van der Waals surface area contributed by atoms with Gasteiger partial charge in [-0.25, -0.2) is 0 Å². The minimum atomic E-state index is -0.946. The Kier molecular flexibility index (Phi) is 3.02. The lowest BCUT2D eigenvalue weighted by atomic mass is 10.0. The Morgan fingerprint density at radius 1 is 1.60 bits per heavy atom. The highest BCUT2D eigenvalue weighted by Crippen LogP contribution is 2.27. The summed E-state index contributed by atoms with van der Waals surface area (Å²) in [4.78, 5) is 20.8. The summed E-state index contributed by atoms with van der Waals surface area (Å²) in [6.45, 7) is 1.55. The number of nitro benzene ring substituents is 1. The molecule has 0 spiro atoms. The molecule has 0 N–H and O–H groups in total. The molecule has 1 rings (SSSR count). The SMILES string of the molecule is Cc1ccc(C(=O)Cl)c([N+](=O)[O-])c1C#N. The number of nitriles is 1. The third-order valence-electron chi connectivity index (χ3n) is 1.89. The first-order chi connectivity index (χ1) is 6.99. The summed E-state index contributed by atoms with van der Waals surface area (Å²) in [6, 6.07) is 4.37. The van der Waals surface area contributed by atoms with Crippen LogP contribution in [-0.2, 0) is 0 Å². The van der Waals surface area contributed by atoms with Crippen LogP contribution in [0.3, 0.4) is 0 Å². The van der Waals surface area contributed by atoms with Crippen LogP contribution in [0, 0.1) is 28.4 Å². The number of hydrogen-bond donors (Lipinski definition) is 0. The van der Waals surface area contributed by atoms with Crippen LogP contribution in [0.1, 0.15) is 21.5 Å². The van der Waals surface area contributed by atoms with E-state index in [0.717, 1.165) is 0 Å². The first kappa shape index (κ1) is 11.1. The molecule has 6 heteroatoms. The van der Waals surface area contributed by atoms with Crippen LogP contribution in [0.2, 0.25) is 0 Å². The van der Waals surface area contributed by atoms with Gasteiger partial charge in [-0.15, -0.1) is 0 Å². The second-order valence-corrected chi connectivity index (χ2v) is 3.14. The molecule has 0 aliphatic carbocycles. The van der Waals surface area contributed by atoms with Gasteiger partial charge in [0.15, 0.2) is 0 Å². The molecule has 1 aromatic carbocycles. The van der Waals surface area contributed by atoms with Crippen molar-refractivity contribution >= 4 is 22.5 Å². The number of hydrogen-bond acceptors (Lipinski definition) is 4. The van der Waals surface area contributed by atoms with Crippen molar-refractivity contribution in [2.75, 3.05) is 0 Å². The molecule has 0 atom stereocenters. The van der Waals surface area contributed by atoms with Crippen LogP contribution in [0.5, 0.6) is 0 Å². The average Bonchev–Trinajstić information content (AvgIpc) is 2.16. The van der Waals surface area contributed by atoms with E-state index in [9.17, 15) is 14.9 Å². The van der Waals surface area contributed by atoms with Gasteiger partial charge in [-0.1, -0.05) is 6.07 Å². The summed E-state index contributed by atoms with van der Waals surface area (Å²) in [6.07, 6.45) is 0. The predicted molar refractivity (Wildman–Crippen MR) is 52.7 cm³/mol. The molecule has 0 aromatic heterocycles. The highest BCUT2D eigenvalue weighted by atomic mass is 35.5. The Bertz CT molecular complexity index is 491. The monoisotopic (exact) mass is 224 g/mol. The fraction of sp³-hybridized carbons (Fsp3) is 0.111. The summed E-state index contributed by atoms with van der Waals surface area (Å²) in [5.74, 6) is 0. The Labute approximate surface area is 90.0 Å². The van der Waals surface area contributed by atoms with Crippen molar-refractivity contribution < 1.29 is 9.72 Å². The molecule has 0 fully saturated rings. The summed E-state index contributed by atoms with van der Waals surface area (Å²) in [5, 5.41) is 18.5. The molecule has 0 aliphatic rings. The fourth-order valence-corrected chi connectivity index (χ4v) is 1.33. The van der Waals surface area contributed by atoms with E-state index in [2.05, 4.69) is 0 Å². The van der Waals surface area contributed by atoms with Crippen molar-refractivity contribution in [3.05, 3.63) is 38.9 Å². The maximum atomic E-state index is 10.9. The van der Waals surface area contributed by atoms with Crippen LogP contribution in [0.15, 0.2) is 12.1 Å². The largest absolute Gasteiger partial charge is 0.299 e. The zero-order valence-corrected chi connectivity index (χ0v) is 8.41. The maximum absolute atomic E-state index is 10.9. The summed E-state index contributed by atoms with van der Waals surface area (Å²) in [7, 11) is 0. The molecule has 0 saturated carbocycles. The van der Waals surface area contributed by atoms with Crippen molar-refractivity contribution in [1.29, 1.82) is 5.26 Å². The molecule has 0 amide bonds. The normalized spacial score (nSPS) is 9.40. The van der Waals surface area contributed by atoms with Crippen molar-refractivity contribution in [3.63, 3.8) is 0 Å². The predicted octanol–water partition coefficient (Wildman–Crippen LogP) is 2.15. The molecule has 76 valence electrons. The Morgan fingerprint density at radius 2 is 2.20 bits per heavy atom. The average molecular weight is 225 g/mol. The van der Waals surface area contributed by atoms with Gasteiger partial charge in [0.05, 0.1) is 4.92 Å². The number of rotatable bonds is 2. The minimum Gasteiger partial charge on any atom is -0.275 e. The van der Waals surface area contributed by atoms with E-state index in [1.165, 1.54) is 12.1 Å². The van der Waals surface area contributed by atoms with Gasteiger partial charge in [0, 0.05) is 0 Å². The van der Waals surface area contributed by atoms with E-state index in [-0.39, 0.29) is 11.1 Å². The van der Waals surface area contributed by atoms with Gasteiger partial charge in [0.25, 0.3) is 10.9 Å². The lowest BCUT2D eigenvalue weighted by molar-refractivity contribution is -0.385. The summed E-state index contributed by atoms with van der Waals surface area (Å²) < 4.78 is 0. The highest BCUT2D eigenvalue weighted by Gasteiger charge is 2.24. The third-order valence-corrected chi connectivity index (χ3v) is 2.10. The lowest BCUT2D eigenvalue weighted by Crippen LogP contribution is -2.02. The number of carbonyl (C=O) groups is 1. The van der Waals surface area contributed by atoms with Crippen molar-refractivity contribution in [2.45, 2.75) is 6.92 Å². The second kappa shape index (κ2) is 4.07. The van der Waals surface area contributed by atoms with Gasteiger partial charge >= 0.3 is 0 Å². The fourth-order valence-electron chi connectivity index (χ4n) is 1.18. The molecule has 5 nitrogen and oxygen atoms in total. The van der Waals surface area contributed by atoms with Gasteiger partial charge in [0.1, 0.15) is 17.2 Å². The molecular formula is C9H5ClN2O3. The van der Waals surface area contributed by atoms with E-state index >= 15 is 0 Å². The third kappa shape index (κ3) is 1.95. The lowest BCUT2D eigenvalue weighted by Gasteiger charge is -2.02. The summed E-state index contributed by atoms with van der Waals surface area (Å²) >= 11 is 5.18.